The van der Waals surface area contributed by atoms with Crippen LogP contribution in [0.2, 0.25) is 0 Å². The van der Waals surface area contributed by atoms with Crippen LogP contribution in [0.4, 0.5) is 4.79 Å². The van der Waals surface area contributed by atoms with E-state index >= 15 is 0 Å². The van der Waals surface area contributed by atoms with Gasteiger partial charge in [-0.05, 0) is 32.1 Å². The summed E-state index contributed by atoms with van der Waals surface area (Å²) in [5.74, 6) is 0.404. The van der Waals surface area contributed by atoms with E-state index in [9.17, 15) is 4.79 Å². The molecule has 1 saturated heterocycles. The first-order valence-corrected chi connectivity index (χ1v) is 6.83. The molecule has 1 amide bonds. The second-order valence-corrected chi connectivity index (χ2v) is 4.88. The molecule has 2 unspecified atom stereocenters. The standard InChI is InChI=1S/C13H23N3O3/c1-2-19-13(18)15-12-8-11(4-3-7-17)9-16(10-12)6-5-14/h11-12,17H,2-4,6-10H2,1H3,(H,15,18). The van der Waals surface area contributed by atoms with Gasteiger partial charge in [0, 0.05) is 25.7 Å². The molecule has 0 spiro atoms. The number of rotatable bonds is 6. The number of hydrogen-bond acceptors (Lipinski definition) is 5. The molecule has 2 atom stereocenters. The summed E-state index contributed by atoms with van der Waals surface area (Å²) in [5, 5.41) is 20.5. The molecule has 0 aromatic rings. The second kappa shape index (κ2) is 8.73. The summed E-state index contributed by atoms with van der Waals surface area (Å²) in [4.78, 5) is 13.5. The van der Waals surface area contributed by atoms with Crippen molar-refractivity contribution >= 4 is 6.09 Å². The van der Waals surface area contributed by atoms with Gasteiger partial charge in [0.1, 0.15) is 0 Å². The Morgan fingerprint density at radius 3 is 3.00 bits per heavy atom. The Bertz CT molecular complexity index is 317. The first-order chi connectivity index (χ1) is 9.19. The van der Waals surface area contributed by atoms with Gasteiger partial charge in [0.05, 0.1) is 19.2 Å². The largest absolute Gasteiger partial charge is 0.450 e. The van der Waals surface area contributed by atoms with E-state index in [-0.39, 0.29) is 12.6 Å². The lowest BCUT2D eigenvalue weighted by atomic mass is 9.90. The number of alkyl carbamates (subject to hydrolysis) is 1. The van der Waals surface area contributed by atoms with Crippen molar-refractivity contribution in [2.24, 2.45) is 5.92 Å². The number of aliphatic hydroxyl groups is 1. The summed E-state index contributed by atoms with van der Waals surface area (Å²) >= 11 is 0. The number of piperidine rings is 1. The van der Waals surface area contributed by atoms with Crippen LogP contribution in [0.25, 0.3) is 0 Å². The average Bonchev–Trinajstić information content (AvgIpc) is 2.36. The highest BCUT2D eigenvalue weighted by Crippen LogP contribution is 2.21. The molecule has 0 aliphatic carbocycles. The predicted octanol–water partition coefficient (Wildman–Crippen LogP) is 0.719. The summed E-state index contributed by atoms with van der Waals surface area (Å²) in [6.45, 7) is 4.22. The highest BCUT2D eigenvalue weighted by molar-refractivity contribution is 5.67. The lowest BCUT2D eigenvalue weighted by Gasteiger charge is -2.36. The van der Waals surface area contributed by atoms with Crippen LogP contribution in [0.5, 0.6) is 0 Å². The highest BCUT2D eigenvalue weighted by Gasteiger charge is 2.28. The number of nitrogens with one attached hydrogen (secondary N) is 1. The predicted molar refractivity (Wildman–Crippen MR) is 70.4 cm³/mol. The molecule has 2 N–H and O–H groups in total. The topological polar surface area (TPSA) is 85.6 Å². The molecule has 0 aromatic heterocycles. The molecule has 1 aliphatic rings. The number of nitrogens with zero attached hydrogens (tertiary/aromatic N) is 2. The van der Waals surface area contributed by atoms with Gasteiger partial charge in [0.15, 0.2) is 0 Å². The summed E-state index contributed by atoms with van der Waals surface area (Å²) < 4.78 is 4.88. The smallest absolute Gasteiger partial charge is 0.407 e. The highest BCUT2D eigenvalue weighted by atomic mass is 16.5. The molecule has 108 valence electrons. The van der Waals surface area contributed by atoms with Gasteiger partial charge in [-0.25, -0.2) is 4.79 Å². The third-order valence-electron chi connectivity index (χ3n) is 3.28. The van der Waals surface area contributed by atoms with Crippen LogP contribution in [0, 0.1) is 17.2 Å². The molecule has 0 bridgehead atoms. The Morgan fingerprint density at radius 1 is 1.58 bits per heavy atom. The Balaban J connectivity index is 2.49. The van der Waals surface area contributed by atoms with Crippen LogP contribution in [-0.2, 0) is 4.74 Å². The van der Waals surface area contributed by atoms with Gasteiger partial charge in [-0.3, -0.25) is 4.90 Å². The number of likely N-dealkylation sites (tertiary alicyclic amines) is 1. The van der Waals surface area contributed by atoms with Crippen molar-refractivity contribution in [1.29, 1.82) is 5.26 Å². The van der Waals surface area contributed by atoms with E-state index in [0.717, 1.165) is 25.8 Å². The van der Waals surface area contributed by atoms with Crippen LogP contribution < -0.4 is 5.32 Å². The van der Waals surface area contributed by atoms with E-state index < -0.39 is 6.09 Å². The molecule has 1 rings (SSSR count). The van der Waals surface area contributed by atoms with Gasteiger partial charge in [0.2, 0.25) is 0 Å². The zero-order valence-corrected chi connectivity index (χ0v) is 11.5. The zero-order valence-electron chi connectivity index (χ0n) is 11.5. The molecule has 0 aromatic carbocycles. The van der Waals surface area contributed by atoms with Crippen LogP contribution in [0.3, 0.4) is 0 Å². The minimum absolute atomic E-state index is 0.0184. The maximum atomic E-state index is 11.4. The van der Waals surface area contributed by atoms with Gasteiger partial charge in [0.25, 0.3) is 0 Å². The van der Waals surface area contributed by atoms with Crippen molar-refractivity contribution < 1.29 is 14.6 Å². The van der Waals surface area contributed by atoms with E-state index in [1.807, 2.05) is 4.90 Å². The second-order valence-electron chi connectivity index (χ2n) is 4.88. The maximum Gasteiger partial charge on any atom is 0.407 e. The Labute approximate surface area is 114 Å². The fourth-order valence-corrected chi connectivity index (χ4v) is 2.56. The number of carbonyl (C=O) groups is 1. The molecule has 1 aliphatic heterocycles. The molecule has 0 radical (unpaired) electrons. The molecule has 19 heavy (non-hydrogen) atoms. The van der Waals surface area contributed by atoms with Gasteiger partial charge in [-0.15, -0.1) is 0 Å². The molecule has 6 heteroatoms. The fourth-order valence-electron chi connectivity index (χ4n) is 2.56. The first-order valence-electron chi connectivity index (χ1n) is 6.83. The number of nitriles is 1. The van der Waals surface area contributed by atoms with Gasteiger partial charge >= 0.3 is 6.09 Å². The first kappa shape index (κ1) is 15.7. The van der Waals surface area contributed by atoms with Crippen molar-refractivity contribution in [3.63, 3.8) is 0 Å². The molecule has 0 saturated carbocycles. The van der Waals surface area contributed by atoms with E-state index in [1.54, 1.807) is 6.92 Å². The van der Waals surface area contributed by atoms with Gasteiger partial charge in [-0.1, -0.05) is 0 Å². The SMILES string of the molecule is CCOC(=O)NC1CC(CCCO)CN(CC#N)C1. The third kappa shape index (κ3) is 5.90. The summed E-state index contributed by atoms with van der Waals surface area (Å²) in [5.41, 5.74) is 0. The summed E-state index contributed by atoms with van der Waals surface area (Å²) in [6.07, 6.45) is 2.16. The zero-order chi connectivity index (χ0) is 14.1. The van der Waals surface area contributed by atoms with Crippen molar-refractivity contribution in [3.05, 3.63) is 0 Å². The van der Waals surface area contributed by atoms with Crippen molar-refractivity contribution in [1.82, 2.24) is 10.2 Å². The average molecular weight is 269 g/mol. The Kier molecular flexibility index (Phi) is 7.23. The van der Waals surface area contributed by atoms with E-state index in [4.69, 9.17) is 15.1 Å². The van der Waals surface area contributed by atoms with E-state index in [0.29, 0.717) is 25.6 Å². The third-order valence-corrected chi connectivity index (χ3v) is 3.28. The van der Waals surface area contributed by atoms with Gasteiger partial charge < -0.3 is 15.2 Å². The molecule has 6 nitrogen and oxygen atoms in total. The quantitative estimate of drug-likeness (QED) is 0.694. The van der Waals surface area contributed by atoms with E-state index in [1.165, 1.54) is 0 Å². The number of aliphatic hydroxyl groups excluding tert-OH is 1. The Morgan fingerprint density at radius 2 is 2.37 bits per heavy atom. The van der Waals surface area contributed by atoms with Crippen LogP contribution in [0.1, 0.15) is 26.2 Å². The molecular weight excluding hydrogens is 246 g/mol. The molecule has 1 fully saturated rings. The lowest BCUT2D eigenvalue weighted by Crippen LogP contribution is -2.51. The van der Waals surface area contributed by atoms with Crippen molar-refractivity contribution in [2.75, 3.05) is 32.8 Å². The van der Waals surface area contributed by atoms with Crippen LogP contribution >= 0.6 is 0 Å². The molecular formula is C13H23N3O3. The summed E-state index contributed by atoms with van der Waals surface area (Å²) in [6, 6.07) is 2.16. The Hall–Kier alpha value is -1.32. The minimum atomic E-state index is -0.396. The monoisotopic (exact) mass is 269 g/mol. The van der Waals surface area contributed by atoms with Crippen molar-refractivity contribution in [2.45, 2.75) is 32.2 Å². The number of hydrogen-bond donors (Lipinski definition) is 2. The summed E-state index contributed by atoms with van der Waals surface area (Å²) in [7, 11) is 0. The van der Waals surface area contributed by atoms with Gasteiger partial charge in [-0.2, -0.15) is 5.26 Å². The van der Waals surface area contributed by atoms with Crippen LogP contribution in [-0.4, -0.2) is 55.0 Å². The number of carbonyl (C=O) groups excluding carboxylic acids is 1. The van der Waals surface area contributed by atoms with Crippen LogP contribution in [0.15, 0.2) is 0 Å². The lowest BCUT2D eigenvalue weighted by molar-refractivity contribution is 0.118. The number of amides is 1. The number of ether oxygens (including phenoxy) is 1. The molecule has 1 heterocycles. The van der Waals surface area contributed by atoms with Crippen molar-refractivity contribution in [3.8, 4) is 6.07 Å². The normalized spacial score (nSPS) is 23.6. The maximum absolute atomic E-state index is 11.4. The van der Waals surface area contributed by atoms with E-state index in [2.05, 4.69) is 11.4 Å². The minimum Gasteiger partial charge on any atom is -0.450 e. The fraction of sp³-hybridized carbons (Fsp3) is 0.846.